The molecule has 0 radical (unpaired) electrons. The number of halogens is 1. The second-order valence-electron chi connectivity index (χ2n) is 5.42. The predicted octanol–water partition coefficient (Wildman–Crippen LogP) is 1.06. The Morgan fingerprint density at radius 3 is 2.39 bits per heavy atom. The summed E-state index contributed by atoms with van der Waals surface area (Å²) < 4.78 is 13.0. The molecule has 1 saturated heterocycles. The summed E-state index contributed by atoms with van der Waals surface area (Å²) >= 11 is 0. The van der Waals surface area contributed by atoms with E-state index in [-0.39, 0.29) is 11.8 Å². The summed E-state index contributed by atoms with van der Waals surface area (Å²) in [5, 5.41) is 0. The standard InChI is InChI=1S/C15H20FN7/c1-2-11-13(14(17)21-15(18)20-11)23-7-5-22(6-8-23)12-4-3-10(16)9-19-12/h3-4,9H,2,5-8H2,1H3,(H4,17,18,20,21). The summed E-state index contributed by atoms with van der Waals surface area (Å²) in [6, 6.07) is 3.12. The van der Waals surface area contributed by atoms with Gasteiger partial charge >= 0.3 is 0 Å². The number of aryl methyl sites for hydroxylation is 1. The van der Waals surface area contributed by atoms with Crippen LogP contribution in [0.25, 0.3) is 0 Å². The maximum Gasteiger partial charge on any atom is 0.222 e. The third-order valence-corrected chi connectivity index (χ3v) is 3.97. The minimum atomic E-state index is -0.327. The number of aromatic nitrogens is 3. The van der Waals surface area contributed by atoms with Gasteiger partial charge in [0.2, 0.25) is 5.95 Å². The first-order chi connectivity index (χ1) is 11.1. The summed E-state index contributed by atoms with van der Waals surface area (Å²) in [4.78, 5) is 16.8. The van der Waals surface area contributed by atoms with Crippen LogP contribution in [0.1, 0.15) is 12.6 Å². The molecule has 2 aromatic heterocycles. The van der Waals surface area contributed by atoms with Crippen molar-refractivity contribution < 1.29 is 4.39 Å². The summed E-state index contributed by atoms with van der Waals surface area (Å²) in [6.45, 7) is 5.09. The van der Waals surface area contributed by atoms with Crippen molar-refractivity contribution in [2.24, 2.45) is 0 Å². The average Bonchev–Trinajstić information content (AvgIpc) is 2.55. The normalized spacial score (nSPS) is 15.0. The first kappa shape index (κ1) is 15.3. The third-order valence-electron chi connectivity index (χ3n) is 3.97. The molecule has 2 aromatic rings. The molecule has 0 aliphatic carbocycles. The summed E-state index contributed by atoms with van der Waals surface area (Å²) in [5.41, 5.74) is 13.5. The van der Waals surface area contributed by atoms with E-state index in [1.165, 1.54) is 12.3 Å². The van der Waals surface area contributed by atoms with Crippen LogP contribution in [0.3, 0.4) is 0 Å². The predicted molar refractivity (Wildman–Crippen MR) is 88.9 cm³/mol. The number of pyridine rings is 1. The van der Waals surface area contributed by atoms with Gasteiger partial charge in [-0.1, -0.05) is 6.92 Å². The van der Waals surface area contributed by atoms with Gasteiger partial charge in [-0.15, -0.1) is 0 Å². The maximum absolute atomic E-state index is 13.0. The van der Waals surface area contributed by atoms with E-state index < -0.39 is 0 Å². The molecular formula is C15H20FN7. The number of rotatable bonds is 3. The molecule has 3 rings (SSSR count). The van der Waals surface area contributed by atoms with Crippen LogP contribution in [0.5, 0.6) is 0 Å². The summed E-state index contributed by atoms with van der Waals surface area (Å²) in [6.07, 6.45) is 1.98. The topological polar surface area (TPSA) is 97.2 Å². The van der Waals surface area contributed by atoms with E-state index in [2.05, 4.69) is 24.8 Å². The van der Waals surface area contributed by atoms with Crippen molar-refractivity contribution in [2.75, 3.05) is 47.4 Å². The highest BCUT2D eigenvalue weighted by Gasteiger charge is 2.23. The van der Waals surface area contributed by atoms with Gasteiger partial charge in [0, 0.05) is 26.2 Å². The first-order valence-corrected chi connectivity index (χ1v) is 7.61. The van der Waals surface area contributed by atoms with Crippen LogP contribution in [0.2, 0.25) is 0 Å². The minimum Gasteiger partial charge on any atom is -0.382 e. The van der Waals surface area contributed by atoms with Crippen LogP contribution in [0.4, 0.5) is 27.7 Å². The van der Waals surface area contributed by atoms with E-state index in [1.54, 1.807) is 6.07 Å². The number of nitrogens with two attached hydrogens (primary N) is 2. The molecule has 0 bridgehead atoms. The Hall–Kier alpha value is -2.64. The lowest BCUT2D eigenvalue weighted by Crippen LogP contribution is -2.47. The number of hydrogen-bond acceptors (Lipinski definition) is 7. The van der Waals surface area contributed by atoms with Crippen molar-refractivity contribution in [2.45, 2.75) is 13.3 Å². The zero-order chi connectivity index (χ0) is 16.4. The Labute approximate surface area is 134 Å². The van der Waals surface area contributed by atoms with Gasteiger partial charge in [0.15, 0.2) is 5.82 Å². The third kappa shape index (κ3) is 3.10. The van der Waals surface area contributed by atoms with Gasteiger partial charge in [0.25, 0.3) is 0 Å². The van der Waals surface area contributed by atoms with Crippen molar-refractivity contribution in [3.63, 3.8) is 0 Å². The van der Waals surface area contributed by atoms with Crippen LogP contribution in [0.15, 0.2) is 18.3 Å². The SMILES string of the molecule is CCc1nc(N)nc(N)c1N1CCN(c2ccc(F)cn2)CC1. The minimum absolute atomic E-state index is 0.206. The van der Waals surface area contributed by atoms with Gasteiger partial charge in [-0.2, -0.15) is 4.98 Å². The van der Waals surface area contributed by atoms with Crippen LogP contribution in [-0.4, -0.2) is 41.1 Å². The second kappa shape index (κ2) is 6.23. The molecule has 3 heterocycles. The van der Waals surface area contributed by atoms with Crippen LogP contribution in [-0.2, 0) is 6.42 Å². The Kier molecular flexibility index (Phi) is 4.14. The number of hydrogen-bond donors (Lipinski definition) is 2. The molecule has 0 atom stereocenters. The molecule has 8 heteroatoms. The highest BCUT2D eigenvalue weighted by molar-refractivity contribution is 5.68. The van der Waals surface area contributed by atoms with E-state index >= 15 is 0 Å². The molecule has 0 saturated carbocycles. The number of nitrogens with zero attached hydrogens (tertiary/aromatic N) is 5. The van der Waals surface area contributed by atoms with Crippen LogP contribution in [0, 0.1) is 5.82 Å². The number of anilines is 4. The van der Waals surface area contributed by atoms with Crippen molar-refractivity contribution in [3.8, 4) is 0 Å². The molecule has 4 N–H and O–H groups in total. The first-order valence-electron chi connectivity index (χ1n) is 7.61. The van der Waals surface area contributed by atoms with Crippen molar-refractivity contribution in [1.82, 2.24) is 15.0 Å². The molecule has 0 unspecified atom stereocenters. The van der Waals surface area contributed by atoms with Gasteiger partial charge in [-0.25, -0.2) is 14.4 Å². The molecule has 0 aromatic carbocycles. The Morgan fingerprint density at radius 2 is 1.78 bits per heavy atom. The largest absolute Gasteiger partial charge is 0.382 e. The summed E-state index contributed by atoms with van der Waals surface area (Å²) in [5.74, 6) is 1.08. The van der Waals surface area contributed by atoms with E-state index in [4.69, 9.17) is 11.5 Å². The van der Waals surface area contributed by atoms with Gasteiger partial charge in [-0.3, -0.25) is 0 Å². The van der Waals surface area contributed by atoms with Crippen molar-refractivity contribution >= 4 is 23.3 Å². The van der Waals surface area contributed by atoms with Gasteiger partial charge < -0.3 is 21.3 Å². The molecule has 1 aliphatic rings. The van der Waals surface area contributed by atoms with Crippen molar-refractivity contribution in [3.05, 3.63) is 29.8 Å². The highest BCUT2D eigenvalue weighted by atomic mass is 19.1. The molecule has 1 aliphatic heterocycles. The van der Waals surface area contributed by atoms with E-state index in [0.717, 1.165) is 49.8 Å². The fraction of sp³-hybridized carbons (Fsp3) is 0.400. The quantitative estimate of drug-likeness (QED) is 0.873. The maximum atomic E-state index is 13.0. The second-order valence-corrected chi connectivity index (χ2v) is 5.42. The zero-order valence-electron chi connectivity index (χ0n) is 13.0. The van der Waals surface area contributed by atoms with E-state index in [0.29, 0.717) is 5.82 Å². The lowest BCUT2D eigenvalue weighted by atomic mass is 10.2. The smallest absolute Gasteiger partial charge is 0.222 e. The molecule has 7 nitrogen and oxygen atoms in total. The lowest BCUT2D eigenvalue weighted by molar-refractivity contribution is 0.614. The molecule has 122 valence electrons. The van der Waals surface area contributed by atoms with Crippen molar-refractivity contribution in [1.29, 1.82) is 0 Å². The molecule has 23 heavy (non-hydrogen) atoms. The molecular weight excluding hydrogens is 297 g/mol. The van der Waals surface area contributed by atoms with Gasteiger partial charge in [0.1, 0.15) is 17.3 Å². The Balaban J connectivity index is 1.75. The average molecular weight is 317 g/mol. The fourth-order valence-corrected chi connectivity index (χ4v) is 2.85. The molecule has 0 spiro atoms. The van der Waals surface area contributed by atoms with E-state index in [9.17, 15) is 4.39 Å². The van der Waals surface area contributed by atoms with E-state index in [1.807, 2.05) is 6.92 Å². The van der Waals surface area contributed by atoms with Gasteiger partial charge in [-0.05, 0) is 18.6 Å². The Bertz CT molecular complexity index is 681. The number of piperazine rings is 1. The summed E-state index contributed by atoms with van der Waals surface area (Å²) in [7, 11) is 0. The zero-order valence-corrected chi connectivity index (χ0v) is 13.0. The van der Waals surface area contributed by atoms with Gasteiger partial charge in [0.05, 0.1) is 11.9 Å². The fourth-order valence-electron chi connectivity index (χ4n) is 2.85. The number of nitrogen functional groups attached to an aromatic ring is 2. The Morgan fingerprint density at radius 1 is 1.09 bits per heavy atom. The monoisotopic (exact) mass is 317 g/mol. The molecule has 0 amide bonds. The lowest BCUT2D eigenvalue weighted by Gasteiger charge is -2.37. The van der Waals surface area contributed by atoms with Crippen LogP contribution < -0.4 is 21.3 Å². The molecule has 1 fully saturated rings. The highest BCUT2D eigenvalue weighted by Crippen LogP contribution is 2.28. The van der Waals surface area contributed by atoms with Crippen LogP contribution >= 0.6 is 0 Å².